The molecule has 2 heterocycles. The van der Waals surface area contributed by atoms with Gasteiger partial charge in [-0.2, -0.15) is 4.99 Å². The van der Waals surface area contributed by atoms with Gasteiger partial charge in [0.1, 0.15) is 17.5 Å². The number of anilines is 1. The molecule has 1 saturated heterocycles. The lowest BCUT2D eigenvalue weighted by molar-refractivity contribution is 0.0534. The number of rotatable bonds is 6. The molecule has 1 saturated carbocycles. The van der Waals surface area contributed by atoms with Gasteiger partial charge in [0.2, 0.25) is 0 Å². The number of hydrogen-bond acceptors (Lipinski definition) is 6. The van der Waals surface area contributed by atoms with Crippen LogP contribution in [0.1, 0.15) is 56.6 Å². The maximum atomic E-state index is 8.60. The minimum atomic E-state index is -0.430. The van der Waals surface area contributed by atoms with Crippen molar-refractivity contribution in [2.75, 3.05) is 25.1 Å². The van der Waals surface area contributed by atoms with Gasteiger partial charge in [0.05, 0.1) is 11.6 Å². The molecule has 1 aromatic carbocycles. The molecule has 3 atom stereocenters. The first-order valence-corrected chi connectivity index (χ1v) is 11.9. The van der Waals surface area contributed by atoms with E-state index in [1.54, 1.807) is 14.0 Å². The van der Waals surface area contributed by atoms with Crippen molar-refractivity contribution in [3.63, 3.8) is 0 Å². The van der Waals surface area contributed by atoms with Crippen LogP contribution >= 0.6 is 0 Å². The number of pyridine rings is 1. The third-order valence-electron chi connectivity index (χ3n) is 6.75. The van der Waals surface area contributed by atoms with E-state index < -0.39 is 6.17 Å². The summed E-state index contributed by atoms with van der Waals surface area (Å²) in [6.07, 6.45) is 7.17. The molecule has 1 aliphatic heterocycles. The van der Waals surface area contributed by atoms with Crippen molar-refractivity contribution in [3.8, 4) is 0 Å². The number of nitrogens with zero attached hydrogens (tertiary/aromatic N) is 3. The minimum Gasteiger partial charge on any atom is -0.578 e. The van der Waals surface area contributed by atoms with Gasteiger partial charge in [-0.05, 0) is 51.3 Å². The van der Waals surface area contributed by atoms with Crippen molar-refractivity contribution in [1.29, 1.82) is 0 Å². The highest BCUT2D eigenvalue weighted by molar-refractivity contribution is 6.01. The van der Waals surface area contributed by atoms with Crippen molar-refractivity contribution in [1.82, 2.24) is 10.3 Å². The summed E-state index contributed by atoms with van der Waals surface area (Å²) in [6.45, 7) is 5.46. The van der Waals surface area contributed by atoms with Gasteiger partial charge in [-0.1, -0.05) is 30.9 Å². The Morgan fingerprint density at radius 2 is 2.03 bits per heavy atom. The Kier molecular flexibility index (Phi) is 7.28. The number of piperidine rings is 1. The van der Waals surface area contributed by atoms with E-state index in [9.17, 15) is 0 Å². The van der Waals surface area contributed by atoms with E-state index >= 15 is 0 Å². The van der Waals surface area contributed by atoms with Gasteiger partial charge in [-0.3, -0.25) is 0 Å². The molecule has 0 spiro atoms. The number of ether oxygens (including phenoxy) is 1. The Morgan fingerprint density at radius 3 is 2.75 bits per heavy atom. The lowest BCUT2D eigenvalue weighted by Crippen LogP contribution is -2.56. The average Bonchev–Trinajstić information content (AvgIpc) is 2.78. The first-order chi connectivity index (χ1) is 15.4. The second-order valence-electron chi connectivity index (χ2n) is 9.39. The summed E-state index contributed by atoms with van der Waals surface area (Å²) in [5.41, 5.74) is 8.71. The van der Waals surface area contributed by atoms with E-state index in [1.165, 1.54) is 37.7 Å². The molecule has 3 unspecified atom stereocenters. The minimum absolute atomic E-state index is 0.0774. The van der Waals surface area contributed by atoms with E-state index in [4.69, 9.17) is 20.6 Å². The quantitative estimate of drug-likeness (QED) is 0.409. The Labute approximate surface area is 191 Å². The molecular formula is C25H38N5O2+. The highest BCUT2D eigenvalue weighted by atomic mass is 16.5. The molecule has 1 aromatic heterocycles. The number of methoxy groups -OCH3 is 1. The number of hydrogen-bond donors (Lipinski definition) is 2. The number of nitrogens with two attached hydrogens (primary N) is 1. The van der Waals surface area contributed by atoms with Gasteiger partial charge in [0.15, 0.2) is 0 Å². The lowest BCUT2D eigenvalue weighted by Gasteiger charge is -2.41. The van der Waals surface area contributed by atoms with Crippen LogP contribution in [0.15, 0.2) is 29.3 Å². The predicted octanol–water partition coefficient (Wildman–Crippen LogP) is 2.84. The highest BCUT2D eigenvalue weighted by Gasteiger charge is 2.33. The first-order valence-electron chi connectivity index (χ1n) is 11.9. The average molecular weight is 441 g/mol. The molecule has 2 aromatic rings. The number of nitrogens with one attached hydrogen (secondary N) is 1. The van der Waals surface area contributed by atoms with Gasteiger partial charge >= 0.3 is 5.90 Å². The van der Waals surface area contributed by atoms with E-state index in [2.05, 4.69) is 40.3 Å². The number of aryl methyl sites for hydroxylation is 1. The standard InChI is InChI=1S/C25H37N5O2/c1-16-9-10-21-18(13-16)14-20(25(31)27-17(2)26)24(29-21)30-12-11-22(23(15-30)32-3)28-19-7-5-4-6-8-19/h9-10,13-14,17,19,22-23,28H,4-8,11-12,15,26H2,1-3H3,(H,27,31)/p+1. The number of fused-ring (bicyclic) bond motifs is 1. The maximum absolute atomic E-state index is 8.60. The molecular weight excluding hydrogens is 402 g/mol. The Bertz CT molecular complexity index is 955. The maximum Gasteiger partial charge on any atom is 0.365 e. The Hall–Kier alpha value is -2.22. The van der Waals surface area contributed by atoms with Gasteiger partial charge in [0.25, 0.3) is 0 Å². The van der Waals surface area contributed by atoms with E-state index in [0.29, 0.717) is 12.1 Å². The van der Waals surface area contributed by atoms with Crippen LogP contribution in [0.25, 0.3) is 10.9 Å². The van der Waals surface area contributed by atoms with Gasteiger partial charge < -0.3 is 25.8 Å². The summed E-state index contributed by atoms with van der Waals surface area (Å²) in [7, 11) is 1.80. The second kappa shape index (κ2) is 10.1. The molecule has 5 N–H and O–H groups in total. The van der Waals surface area contributed by atoms with E-state index in [-0.39, 0.29) is 12.0 Å². The van der Waals surface area contributed by atoms with Crippen LogP contribution in [-0.4, -0.2) is 60.5 Å². The SMILES string of the molecule is COC1CN(c2nc3ccc(C)cc3cc2/C([OH2+])=N/C(C)N)CCC1NC1CCCCC1. The van der Waals surface area contributed by atoms with Crippen LogP contribution in [0, 0.1) is 6.92 Å². The van der Waals surface area contributed by atoms with Crippen LogP contribution in [0.5, 0.6) is 0 Å². The summed E-state index contributed by atoms with van der Waals surface area (Å²) >= 11 is 0. The van der Waals surface area contributed by atoms with Crippen LogP contribution < -0.4 is 16.0 Å². The zero-order valence-corrected chi connectivity index (χ0v) is 19.6. The monoisotopic (exact) mass is 440 g/mol. The fraction of sp³-hybridized carbons (Fsp3) is 0.600. The molecule has 7 nitrogen and oxygen atoms in total. The van der Waals surface area contributed by atoms with Crippen LogP contribution in [-0.2, 0) is 4.74 Å². The molecule has 0 bridgehead atoms. The Balaban J connectivity index is 1.62. The topological polar surface area (TPSA) is 98.7 Å². The van der Waals surface area contributed by atoms with Crippen molar-refractivity contribution >= 4 is 22.6 Å². The van der Waals surface area contributed by atoms with Crippen LogP contribution in [0.2, 0.25) is 0 Å². The molecule has 0 radical (unpaired) electrons. The molecule has 32 heavy (non-hydrogen) atoms. The summed E-state index contributed by atoms with van der Waals surface area (Å²) in [5.74, 6) is 0.983. The third-order valence-corrected chi connectivity index (χ3v) is 6.75. The Morgan fingerprint density at radius 1 is 1.25 bits per heavy atom. The zero-order valence-electron chi connectivity index (χ0n) is 19.6. The summed E-state index contributed by atoms with van der Waals surface area (Å²) in [6, 6.07) is 9.22. The number of aliphatic imine (C=N–C) groups is 1. The van der Waals surface area contributed by atoms with Crippen LogP contribution in [0.3, 0.4) is 0 Å². The molecule has 4 rings (SSSR count). The molecule has 2 aliphatic rings. The predicted molar refractivity (Wildman–Crippen MR) is 132 cm³/mol. The lowest BCUT2D eigenvalue weighted by atomic mass is 9.92. The normalized spacial score (nSPS) is 24.1. The molecule has 2 fully saturated rings. The third kappa shape index (κ3) is 5.22. The summed E-state index contributed by atoms with van der Waals surface area (Å²) in [4.78, 5) is 11.6. The van der Waals surface area contributed by atoms with Crippen molar-refractivity contribution in [3.05, 3.63) is 35.4 Å². The van der Waals surface area contributed by atoms with Crippen LogP contribution in [0.4, 0.5) is 5.82 Å². The van der Waals surface area contributed by atoms with Gasteiger partial charge in [-0.15, -0.1) is 0 Å². The van der Waals surface area contributed by atoms with E-state index in [1.807, 2.05) is 6.07 Å². The number of aromatic nitrogens is 1. The summed E-state index contributed by atoms with van der Waals surface area (Å²) < 4.78 is 5.94. The largest absolute Gasteiger partial charge is 0.578 e. The highest BCUT2D eigenvalue weighted by Crippen LogP contribution is 2.29. The van der Waals surface area contributed by atoms with Gasteiger partial charge in [0, 0.05) is 37.7 Å². The molecule has 0 amide bonds. The molecule has 1 aliphatic carbocycles. The second-order valence-corrected chi connectivity index (χ2v) is 9.39. The molecule has 7 heteroatoms. The first kappa shape index (κ1) is 23.0. The smallest absolute Gasteiger partial charge is 0.365 e. The summed E-state index contributed by atoms with van der Waals surface area (Å²) in [5, 5.41) is 13.5. The fourth-order valence-corrected chi connectivity index (χ4v) is 5.08. The number of benzene rings is 1. The van der Waals surface area contributed by atoms with Gasteiger partial charge in [-0.25, -0.2) is 4.98 Å². The van der Waals surface area contributed by atoms with Crippen molar-refractivity contribution in [2.45, 2.75) is 76.7 Å². The van der Waals surface area contributed by atoms with Crippen molar-refractivity contribution in [2.24, 2.45) is 10.7 Å². The fourth-order valence-electron chi connectivity index (χ4n) is 5.08. The zero-order chi connectivity index (χ0) is 22.7. The molecule has 174 valence electrons. The van der Waals surface area contributed by atoms with E-state index in [0.717, 1.165) is 41.8 Å². The van der Waals surface area contributed by atoms with Crippen molar-refractivity contribution < 1.29 is 9.84 Å².